The number of aliphatic hydroxyl groups is 1. The minimum atomic E-state index is -1.30. The molecule has 0 radical (unpaired) electrons. The van der Waals surface area contributed by atoms with Gasteiger partial charge in [0.2, 0.25) is 5.91 Å². The third kappa shape index (κ3) is 3.11. The molecule has 2 N–H and O–H groups in total. The number of nitrogens with one attached hydrogen (secondary N) is 1. The lowest BCUT2D eigenvalue weighted by atomic mass is 10.1. The third-order valence-electron chi connectivity index (χ3n) is 4.09. The van der Waals surface area contributed by atoms with Crippen LogP contribution >= 0.6 is 11.3 Å². The Morgan fingerprint density at radius 3 is 2.85 bits per heavy atom. The van der Waals surface area contributed by atoms with Gasteiger partial charge in [-0.25, -0.2) is 4.68 Å². The number of pyridine rings is 1. The summed E-state index contributed by atoms with van der Waals surface area (Å²) in [6.07, 6.45) is 3.12. The quantitative estimate of drug-likeness (QED) is 0.561. The van der Waals surface area contributed by atoms with Crippen molar-refractivity contribution in [2.45, 2.75) is 26.0 Å². The lowest BCUT2D eigenvalue weighted by Crippen LogP contribution is -2.35. The molecule has 0 aliphatic heterocycles. The first-order valence-corrected chi connectivity index (χ1v) is 9.15. The molecule has 0 fully saturated rings. The fraction of sp³-hybridized carbons (Fsp3) is 0.222. The molecule has 0 aliphatic carbocycles. The zero-order chi connectivity index (χ0) is 19.2. The summed E-state index contributed by atoms with van der Waals surface area (Å²) in [6.45, 7) is 2.92. The van der Waals surface area contributed by atoms with Gasteiger partial charge >= 0.3 is 0 Å². The molecule has 0 aliphatic rings. The first-order chi connectivity index (χ1) is 12.8. The molecule has 4 rings (SSSR count). The summed E-state index contributed by atoms with van der Waals surface area (Å²) in [7, 11) is 0. The highest BCUT2D eigenvalue weighted by Crippen LogP contribution is 2.27. The van der Waals surface area contributed by atoms with Crippen LogP contribution in [0.5, 0.6) is 0 Å². The van der Waals surface area contributed by atoms with Crippen molar-refractivity contribution in [3.8, 4) is 0 Å². The number of hydrogen-bond acceptors (Lipinski definition) is 6. The zero-order valence-electron chi connectivity index (χ0n) is 14.7. The van der Waals surface area contributed by atoms with E-state index in [1.807, 2.05) is 11.4 Å². The lowest BCUT2D eigenvalue weighted by molar-refractivity contribution is -0.117. The van der Waals surface area contributed by atoms with E-state index in [4.69, 9.17) is 0 Å². The summed E-state index contributed by atoms with van der Waals surface area (Å²) < 4.78 is 3.65. The molecule has 9 heteroatoms. The number of carbonyl (C=O) groups is 1. The fourth-order valence-electron chi connectivity index (χ4n) is 2.92. The molecule has 0 aromatic carbocycles. The Labute approximate surface area is 157 Å². The molecule has 0 atom stereocenters. The van der Waals surface area contributed by atoms with Gasteiger partial charge in [0, 0.05) is 6.20 Å². The number of rotatable bonds is 4. The molecule has 0 bridgehead atoms. The topological polar surface area (TPSA) is 102 Å². The van der Waals surface area contributed by atoms with Crippen LogP contribution in [0.4, 0.5) is 5.69 Å². The van der Waals surface area contributed by atoms with E-state index in [9.17, 15) is 14.7 Å². The van der Waals surface area contributed by atoms with E-state index in [1.165, 1.54) is 17.5 Å². The van der Waals surface area contributed by atoms with E-state index in [-0.39, 0.29) is 6.54 Å². The van der Waals surface area contributed by atoms with Crippen molar-refractivity contribution >= 4 is 38.7 Å². The Kier molecular flexibility index (Phi) is 4.05. The fourth-order valence-corrected chi connectivity index (χ4v) is 3.73. The largest absolute Gasteiger partial charge is 0.382 e. The summed E-state index contributed by atoms with van der Waals surface area (Å²) in [5.74, 6) is -0.114. The highest BCUT2D eigenvalue weighted by Gasteiger charge is 2.26. The van der Waals surface area contributed by atoms with Crippen LogP contribution in [0.15, 0.2) is 46.8 Å². The predicted octanol–water partition coefficient (Wildman–Crippen LogP) is 1.97. The van der Waals surface area contributed by atoms with Crippen molar-refractivity contribution in [2.75, 3.05) is 5.32 Å². The van der Waals surface area contributed by atoms with Crippen LogP contribution in [0.25, 0.3) is 15.7 Å². The average Bonchev–Trinajstić information content (AvgIpc) is 3.19. The van der Waals surface area contributed by atoms with Crippen molar-refractivity contribution in [2.24, 2.45) is 0 Å². The van der Waals surface area contributed by atoms with E-state index in [1.54, 1.807) is 42.6 Å². The average molecular weight is 383 g/mol. The summed E-state index contributed by atoms with van der Waals surface area (Å²) in [5.41, 5.74) is 0.0126. The van der Waals surface area contributed by atoms with Crippen LogP contribution in [0.2, 0.25) is 0 Å². The van der Waals surface area contributed by atoms with Gasteiger partial charge in [-0.1, -0.05) is 0 Å². The molecule has 8 nitrogen and oxygen atoms in total. The van der Waals surface area contributed by atoms with Crippen LogP contribution in [-0.4, -0.2) is 30.2 Å². The lowest BCUT2D eigenvalue weighted by Gasteiger charge is -2.20. The Morgan fingerprint density at radius 2 is 2.15 bits per heavy atom. The number of amides is 1. The maximum atomic E-state index is 12.9. The number of fused-ring (bicyclic) bond motifs is 3. The van der Waals surface area contributed by atoms with E-state index >= 15 is 0 Å². The van der Waals surface area contributed by atoms with E-state index < -0.39 is 17.1 Å². The summed E-state index contributed by atoms with van der Waals surface area (Å²) >= 11 is 1.50. The zero-order valence-corrected chi connectivity index (χ0v) is 15.5. The van der Waals surface area contributed by atoms with Crippen LogP contribution in [-0.2, 0) is 16.9 Å². The SMILES string of the molecule is CC(C)(O)c1nn(CC(=O)Nc2cccnc2)c(=O)c2cc3sccc3n12. The van der Waals surface area contributed by atoms with Gasteiger partial charge in [-0.3, -0.25) is 19.0 Å². The van der Waals surface area contributed by atoms with Crippen molar-refractivity contribution in [3.63, 3.8) is 0 Å². The molecule has 0 saturated heterocycles. The molecule has 138 valence electrons. The Bertz CT molecular complexity index is 1200. The van der Waals surface area contributed by atoms with Gasteiger partial charge < -0.3 is 10.4 Å². The third-order valence-corrected chi connectivity index (χ3v) is 4.94. The smallest absolute Gasteiger partial charge is 0.291 e. The molecule has 4 heterocycles. The maximum absolute atomic E-state index is 12.9. The van der Waals surface area contributed by atoms with Gasteiger partial charge in [-0.15, -0.1) is 11.3 Å². The second-order valence-electron chi connectivity index (χ2n) is 6.67. The molecule has 27 heavy (non-hydrogen) atoms. The highest BCUT2D eigenvalue weighted by molar-refractivity contribution is 7.17. The van der Waals surface area contributed by atoms with Crippen LogP contribution in [0.1, 0.15) is 19.7 Å². The van der Waals surface area contributed by atoms with Crippen LogP contribution < -0.4 is 10.9 Å². The molecular formula is C18H17N5O3S. The maximum Gasteiger partial charge on any atom is 0.291 e. The molecule has 0 spiro atoms. The minimum absolute atomic E-state index is 0.272. The van der Waals surface area contributed by atoms with Crippen molar-refractivity contribution in [1.29, 1.82) is 0 Å². The van der Waals surface area contributed by atoms with Crippen LogP contribution in [0, 0.1) is 0 Å². The Balaban J connectivity index is 1.80. The molecule has 1 amide bonds. The Hall–Kier alpha value is -3.04. The van der Waals surface area contributed by atoms with Gasteiger partial charge in [-0.05, 0) is 43.5 Å². The number of aromatic nitrogens is 4. The number of nitrogens with zero attached hydrogens (tertiary/aromatic N) is 4. The van der Waals surface area contributed by atoms with Gasteiger partial charge in [0.15, 0.2) is 5.82 Å². The van der Waals surface area contributed by atoms with E-state index in [0.717, 1.165) is 14.9 Å². The number of hydrogen-bond donors (Lipinski definition) is 2. The molecule has 0 unspecified atom stereocenters. The molecule has 0 saturated carbocycles. The van der Waals surface area contributed by atoms with E-state index in [2.05, 4.69) is 15.4 Å². The Morgan fingerprint density at radius 1 is 1.33 bits per heavy atom. The molecular weight excluding hydrogens is 366 g/mol. The molecule has 4 aromatic heterocycles. The summed E-state index contributed by atoms with van der Waals surface area (Å²) in [5, 5.41) is 19.5. The normalized spacial score (nSPS) is 12.0. The van der Waals surface area contributed by atoms with Gasteiger partial charge in [-0.2, -0.15) is 5.10 Å². The first-order valence-electron chi connectivity index (χ1n) is 8.27. The van der Waals surface area contributed by atoms with E-state index in [0.29, 0.717) is 17.0 Å². The van der Waals surface area contributed by atoms with Crippen LogP contribution in [0.3, 0.4) is 0 Å². The van der Waals surface area contributed by atoms with Gasteiger partial charge in [0.1, 0.15) is 17.7 Å². The first kappa shape index (κ1) is 17.4. The second-order valence-corrected chi connectivity index (χ2v) is 7.62. The van der Waals surface area contributed by atoms with Gasteiger partial charge in [0.25, 0.3) is 5.56 Å². The number of anilines is 1. The number of thiophene rings is 1. The van der Waals surface area contributed by atoms with Gasteiger partial charge in [0.05, 0.1) is 22.1 Å². The molecule has 4 aromatic rings. The van der Waals surface area contributed by atoms with Crippen molar-refractivity contribution in [3.05, 3.63) is 58.2 Å². The standard InChI is InChI=1S/C18H17N5O3S/c1-18(2,26)17-21-22(10-15(24)20-11-4-3-6-19-9-11)16(25)13-8-14-12(23(13)17)5-7-27-14/h3-9,26H,10H2,1-2H3,(H,20,24). The highest BCUT2D eigenvalue weighted by atomic mass is 32.1. The van der Waals surface area contributed by atoms with Crippen molar-refractivity contribution in [1.82, 2.24) is 19.2 Å². The predicted molar refractivity (Wildman–Crippen MR) is 103 cm³/mol. The van der Waals surface area contributed by atoms with Crippen molar-refractivity contribution < 1.29 is 9.90 Å². The second kappa shape index (κ2) is 6.29. The monoisotopic (exact) mass is 383 g/mol. The minimum Gasteiger partial charge on any atom is -0.382 e. The summed E-state index contributed by atoms with van der Waals surface area (Å²) in [4.78, 5) is 29.2. The number of carbonyl (C=O) groups excluding carboxylic acids is 1. The summed E-state index contributed by atoms with van der Waals surface area (Å²) in [6, 6.07) is 7.04.